The molecule has 2 aromatic rings. The van der Waals surface area contributed by atoms with E-state index in [0.29, 0.717) is 18.8 Å². The van der Waals surface area contributed by atoms with Crippen molar-refractivity contribution in [2.24, 2.45) is 0 Å². The molecule has 2 heterocycles. The van der Waals surface area contributed by atoms with E-state index in [9.17, 15) is 4.79 Å². The van der Waals surface area contributed by atoms with E-state index in [1.165, 1.54) is 11.1 Å². The smallest absolute Gasteiger partial charge is 0.271 e. The fourth-order valence-electron chi connectivity index (χ4n) is 1.53. The van der Waals surface area contributed by atoms with E-state index in [1.807, 2.05) is 20.8 Å². The van der Waals surface area contributed by atoms with Crippen molar-refractivity contribution in [2.45, 2.75) is 33.9 Å². The van der Waals surface area contributed by atoms with Crippen LogP contribution in [0.15, 0.2) is 6.20 Å². The number of nitrogens with one attached hydrogen (secondary N) is 1. The Morgan fingerprint density at radius 3 is 2.89 bits per heavy atom. The SMILES string of the molecule is CCn1nncc1C(=O)NCc1nc(C)c(C)s1. The van der Waals surface area contributed by atoms with Crippen LogP contribution >= 0.6 is 11.3 Å². The molecule has 0 unspecified atom stereocenters. The van der Waals surface area contributed by atoms with Crippen LogP contribution in [0.1, 0.15) is 33.0 Å². The molecule has 0 aromatic carbocycles. The molecule has 2 rings (SSSR count). The van der Waals surface area contributed by atoms with Gasteiger partial charge in [0.05, 0.1) is 18.4 Å². The molecule has 0 aliphatic rings. The second-order valence-corrected chi connectivity index (χ2v) is 5.15. The van der Waals surface area contributed by atoms with E-state index in [4.69, 9.17) is 0 Å². The first kappa shape index (κ1) is 12.7. The molecule has 2 aromatic heterocycles. The number of nitrogens with zero attached hydrogens (tertiary/aromatic N) is 4. The van der Waals surface area contributed by atoms with E-state index in [2.05, 4.69) is 20.6 Å². The van der Waals surface area contributed by atoms with Crippen molar-refractivity contribution in [3.05, 3.63) is 27.5 Å². The van der Waals surface area contributed by atoms with Crippen LogP contribution in [0.2, 0.25) is 0 Å². The first-order chi connectivity index (χ1) is 8.61. The first-order valence-electron chi connectivity index (χ1n) is 5.71. The molecule has 0 bridgehead atoms. The largest absolute Gasteiger partial charge is 0.344 e. The predicted octanol–water partition coefficient (Wildman–Crippen LogP) is 1.30. The van der Waals surface area contributed by atoms with Crippen molar-refractivity contribution in [2.75, 3.05) is 0 Å². The number of amides is 1. The van der Waals surface area contributed by atoms with Gasteiger partial charge in [0.25, 0.3) is 5.91 Å². The fraction of sp³-hybridized carbons (Fsp3) is 0.455. The summed E-state index contributed by atoms with van der Waals surface area (Å²) in [6.07, 6.45) is 1.47. The van der Waals surface area contributed by atoms with Crippen molar-refractivity contribution in [3.8, 4) is 0 Å². The van der Waals surface area contributed by atoms with Gasteiger partial charge in [0, 0.05) is 11.4 Å². The van der Waals surface area contributed by atoms with Gasteiger partial charge in [-0.1, -0.05) is 5.21 Å². The van der Waals surface area contributed by atoms with Crippen LogP contribution in [0.4, 0.5) is 0 Å². The van der Waals surface area contributed by atoms with Crippen LogP contribution < -0.4 is 5.32 Å². The van der Waals surface area contributed by atoms with Crippen molar-refractivity contribution >= 4 is 17.2 Å². The third-order valence-corrected chi connectivity index (χ3v) is 3.70. The minimum Gasteiger partial charge on any atom is -0.344 e. The van der Waals surface area contributed by atoms with Gasteiger partial charge in [-0.2, -0.15) is 0 Å². The van der Waals surface area contributed by atoms with Crippen LogP contribution in [-0.4, -0.2) is 25.9 Å². The number of hydrogen-bond donors (Lipinski definition) is 1. The molecule has 0 saturated carbocycles. The van der Waals surface area contributed by atoms with Crippen molar-refractivity contribution in [1.82, 2.24) is 25.3 Å². The van der Waals surface area contributed by atoms with Crippen LogP contribution in [0.25, 0.3) is 0 Å². The Bertz CT molecular complexity index is 540. The molecule has 0 aliphatic heterocycles. The van der Waals surface area contributed by atoms with Crippen molar-refractivity contribution in [1.29, 1.82) is 0 Å². The summed E-state index contributed by atoms with van der Waals surface area (Å²) in [4.78, 5) is 17.5. The topological polar surface area (TPSA) is 72.7 Å². The summed E-state index contributed by atoms with van der Waals surface area (Å²) < 4.78 is 1.56. The molecule has 0 aliphatic carbocycles. The van der Waals surface area contributed by atoms with E-state index in [1.54, 1.807) is 16.0 Å². The van der Waals surface area contributed by atoms with Gasteiger partial charge >= 0.3 is 0 Å². The predicted molar refractivity (Wildman–Crippen MR) is 68.5 cm³/mol. The normalized spacial score (nSPS) is 10.6. The molecule has 0 fully saturated rings. The zero-order chi connectivity index (χ0) is 13.1. The molecule has 18 heavy (non-hydrogen) atoms. The standard InChI is InChI=1S/C11H15N5OS/c1-4-16-9(5-13-15-16)11(17)12-6-10-14-7(2)8(3)18-10/h5H,4,6H2,1-3H3,(H,12,17). The Morgan fingerprint density at radius 1 is 1.50 bits per heavy atom. The Hall–Kier alpha value is -1.76. The third-order valence-electron chi connectivity index (χ3n) is 2.62. The monoisotopic (exact) mass is 265 g/mol. The van der Waals surface area contributed by atoms with E-state index < -0.39 is 0 Å². The highest BCUT2D eigenvalue weighted by Gasteiger charge is 2.12. The van der Waals surface area contributed by atoms with Gasteiger partial charge in [0.15, 0.2) is 0 Å². The number of carbonyl (C=O) groups excluding carboxylic acids is 1. The minimum absolute atomic E-state index is 0.174. The summed E-state index contributed by atoms with van der Waals surface area (Å²) in [7, 11) is 0. The molecule has 7 heteroatoms. The summed E-state index contributed by atoms with van der Waals surface area (Å²) in [5.41, 5.74) is 1.49. The lowest BCUT2D eigenvalue weighted by Crippen LogP contribution is -2.25. The minimum atomic E-state index is -0.174. The number of rotatable bonds is 4. The van der Waals surface area contributed by atoms with Gasteiger partial charge in [0.2, 0.25) is 0 Å². The Labute approximate surface area is 109 Å². The second-order valence-electron chi connectivity index (χ2n) is 3.87. The quantitative estimate of drug-likeness (QED) is 0.904. The highest BCUT2D eigenvalue weighted by molar-refractivity contribution is 7.11. The van der Waals surface area contributed by atoms with Crippen LogP contribution in [0.3, 0.4) is 0 Å². The second kappa shape index (κ2) is 5.26. The fourth-order valence-corrected chi connectivity index (χ4v) is 2.40. The summed E-state index contributed by atoms with van der Waals surface area (Å²) in [6.45, 7) is 6.96. The molecule has 96 valence electrons. The van der Waals surface area contributed by atoms with Gasteiger partial charge in [-0.3, -0.25) is 4.79 Å². The average Bonchev–Trinajstić information content (AvgIpc) is 2.94. The molecule has 1 amide bonds. The van der Waals surface area contributed by atoms with Gasteiger partial charge in [-0.25, -0.2) is 9.67 Å². The third kappa shape index (κ3) is 2.56. The number of aromatic nitrogens is 4. The summed E-state index contributed by atoms with van der Waals surface area (Å²) in [5.74, 6) is -0.174. The van der Waals surface area contributed by atoms with Crippen LogP contribution in [-0.2, 0) is 13.1 Å². The van der Waals surface area contributed by atoms with Crippen LogP contribution in [0.5, 0.6) is 0 Å². The summed E-state index contributed by atoms with van der Waals surface area (Å²) >= 11 is 1.60. The van der Waals surface area contributed by atoms with Crippen LogP contribution in [0, 0.1) is 13.8 Å². The van der Waals surface area contributed by atoms with Crippen molar-refractivity contribution < 1.29 is 4.79 Å². The van der Waals surface area contributed by atoms with E-state index >= 15 is 0 Å². The number of hydrogen-bond acceptors (Lipinski definition) is 5. The van der Waals surface area contributed by atoms with E-state index in [-0.39, 0.29) is 5.91 Å². The number of carbonyl (C=O) groups is 1. The molecule has 0 saturated heterocycles. The zero-order valence-corrected chi connectivity index (χ0v) is 11.4. The lowest BCUT2D eigenvalue weighted by molar-refractivity contribution is 0.0940. The highest BCUT2D eigenvalue weighted by atomic mass is 32.1. The van der Waals surface area contributed by atoms with Gasteiger partial charge in [-0.15, -0.1) is 16.4 Å². The zero-order valence-electron chi connectivity index (χ0n) is 10.6. The first-order valence-corrected chi connectivity index (χ1v) is 6.53. The van der Waals surface area contributed by atoms with Crippen molar-refractivity contribution in [3.63, 3.8) is 0 Å². The number of aryl methyl sites for hydroxylation is 3. The molecular formula is C11H15N5OS. The molecule has 0 atom stereocenters. The molecule has 6 nitrogen and oxygen atoms in total. The maximum atomic E-state index is 11.9. The molecular weight excluding hydrogens is 250 g/mol. The van der Waals surface area contributed by atoms with Gasteiger partial charge in [-0.05, 0) is 20.8 Å². The van der Waals surface area contributed by atoms with Gasteiger partial charge < -0.3 is 5.32 Å². The maximum absolute atomic E-state index is 11.9. The lowest BCUT2D eigenvalue weighted by atomic mass is 10.4. The van der Waals surface area contributed by atoms with E-state index in [0.717, 1.165) is 10.7 Å². The lowest BCUT2D eigenvalue weighted by Gasteiger charge is -2.03. The molecule has 0 spiro atoms. The Kier molecular flexibility index (Phi) is 3.71. The molecule has 0 radical (unpaired) electrons. The number of thiazole rings is 1. The Balaban J connectivity index is 2.00. The summed E-state index contributed by atoms with van der Waals surface area (Å²) in [5, 5.41) is 11.3. The molecule has 1 N–H and O–H groups in total. The summed E-state index contributed by atoms with van der Waals surface area (Å²) in [6, 6.07) is 0. The average molecular weight is 265 g/mol. The maximum Gasteiger partial charge on any atom is 0.271 e. The van der Waals surface area contributed by atoms with Gasteiger partial charge in [0.1, 0.15) is 10.7 Å². The highest BCUT2D eigenvalue weighted by Crippen LogP contribution is 2.16. The Morgan fingerprint density at radius 2 is 2.28 bits per heavy atom.